The minimum absolute atomic E-state index is 0.0893. The molecule has 0 spiro atoms. The number of fused-ring (bicyclic) bond motifs is 1. The van der Waals surface area contributed by atoms with Crippen molar-refractivity contribution in [3.05, 3.63) is 59.7 Å². The number of halogens is 1. The van der Waals surface area contributed by atoms with Gasteiger partial charge in [-0.1, -0.05) is 45.8 Å². The van der Waals surface area contributed by atoms with Crippen LogP contribution in [0.5, 0.6) is 0 Å². The molecule has 4 nitrogen and oxygen atoms in total. The first kappa shape index (κ1) is 15.2. The number of nitrogens with zero attached hydrogens (tertiary/aromatic N) is 1. The number of ketones is 1. The molecule has 0 bridgehead atoms. The fraction of sp³-hybridized carbons (Fsp3) is 0.188. The van der Waals surface area contributed by atoms with Crippen molar-refractivity contribution in [2.75, 3.05) is 10.8 Å². The standard InChI is InChI=1S/C16H14BrNO3S/c1-11-6-8-12(9-7-11)22(20,21)18-10-14(17)16(19)13-4-2-3-5-15(13)18/h2-9,14H,10H2,1H3. The predicted molar refractivity (Wildman–Crippen MR) is 89.2 cm³/mol. The van der Waals surface area contributed by atoms with Gasteiger partial charge in [0.05, 0.1) is 22.0 Å². The van der Waals surface area contributed by atoms with Gasteiger partial charge in [0.15, 0.2) is 5.78 Å². The lowest BCUT2D eigenvalue weighted by Gasteiger charge is -2.32. The zero-order valence-corrected chi connectivity index (χ0v) is 14.3. The summed E-state index contributed by atoms with van der Waals surface area (Å²) in [6, 6.07) is 13.5. The van der Waals surface area contributed by atoms with E-state index in [9.17, 15) is 13.2 Å². The SMILES string of the molecule is Cc1ccc(S(=O)(=O)N2CC(Br)C(=O)c3ccccc32)cc1. The summed E-state index contributed by atoms with van der Waals surface area (Å²) in [4.78, 5) is 11.9. The average Bonchev–Trinajstić information content (AvgIpc) is 2.51. The van der Waals surface area contributed by atoms with Gasteiger partial charge in [-0.25, -0.2) is 8.42 Å². The minimum Gasteiger partial charge on any atom is -0.293 e. The molecule has 0 fully saturated rings. The highest BCUT2D eigenvalue weighted by atomic mass is 79.9. The molecule has 3 rings (SSSR count). The molecule has 1 unspecified atom stereocenters. The maximum absolute atomic E-state index is 12.9. The van der Waals surface area contributed by atoms with E-state index in [2.05, 4.69) is 15.9 Å². The van der Waals surface area contributed by atoms with E-state index < -0.39 is 14.9 Å². The molecule has 0 aliphatic carbocycles. The van der Waals surface area contributed by atoms with E-state index in [1.807, 2.05) is 6.92 Å². The molecule has 0 amide bonds. The molecule has 0 saturated heterocycles. The maximum atomic E-state index is 12.9. The average molecular weight is 380 g/mol. The molecule has 0 N–H and O–H groups in total. The molecule has 0 aromatic heterocycles. The summed E-state index contributed by atoms with van der Waals surface area (Å²) in [7, 11) is -3.70. The van der Waals surface area contributed by atoms with Gasteiger partial charge in [0.1, 0.15) is 0 Å². The number of carbonyl (C=O) groups is 1. The molecular formula is C16H14BrNO3S. The monoisotopic (exact) mass is 379 g/mol. The van der Waals surface area contributed by atoms with Crippen LogP contribution in [0.2, 0.25) is 0 Å². The van der Waals surface area contributed by atoms with Crippen molar-refractivity contribution in [3.8, 4) is 0 Å². The van der Waals surface area contributed by atoms with Gasteiger partial charge < -0.3 is 0 Å². The van der Waals surface area contributed by atoms with E-state index in [0.29, 0.717) is 11.3 Å². The summed E-state index contributed by atoms with van der Waals surface area (Å²) in [5.41, 5.74) is 1.85. The van der Waals surface area contributed by atoms with Crippen LogP contribution in [0.3, 0.4) is 0 Å². The fourth-order valence-electron chi connectivity index (χ4n) is 2.46. The third-order valence-corrected chi connectivity index (χ3v) is 6.16. The number of alkyl halides is 1. The van der Waals surface area contributed by atoms with Crippen LogP contribution in [0, 0.1) is 6.92 Å². The molecule has 2 aromatic rings. The number of para-hydroxylation sites is 1. The van der Waals surface area contributed by atoms with Crippen molar-refractivity contribution in [1.29, 1.82) is 0 Å². The lowest BCUT2D eigenvalue weighted by atomic mass is 10.0. The van der Waals surface area contributed by atoms with Crippen LogP contribution in [-0.4, -0.2) is 25.6 Å². The summed E-state index contributed by atoms with van der Waals surface area (Å²) >= 11 is 3.28. The normalized spacial score (nSPS) is 18.2. The van der Waals surface area contributed by atoms with Gasteiger partial charge in [0.2, 0.25) is 0 Å². The van der Waals surface area contributed by atoms with Crippen LogP contribution in [-0.2, 0) is 10.0 Å². The fourth-order valence-corrected chi connectivity index (χ4v) is 4.69. The summed E-state index contributed by atoms with van der Waals surface area (Å²) in [5, 5.41) is 0. The Balaban J connectivity index is 2.13. The molecule has 0 radical (unpaired) electrons. The quantitative estimate of drug-likeness (QED) is 0.753. The molecule has 1 aliphatic heterocycles. The molecule has 0 saturated carbocycles. The predicted octanol–water partition coefficient (Wildman–Crippen LogP) is 3.15. The molecule has 6 heteroatoms. The minimum atomic E-state index is -3.70. The highest BCUT2D eigenvalue weighted by Crippen LogP contribution is 2.33. The van der Waals surface area contributed by atoms with E-state index in [-0.39, 0.29) is 17.2 Å². The lowest BCUT2D eigenvalue weighted by molar-refractivity contribution is 0.0990. The van der Waals surface area contributed by atoms with Gasteiger partial charge in [-0.15, -0.1) is 0 Å². The van der Waals surface area contributed by atoms with Crippen LogP contribution in [0.15, 0.2) is 53.4 Å². The first-order valence-electron chi connectivity index (χ1n) is 6.78. The van der Waals surface area contributed by atoms with Crippen molar-refractivity contribution in [2.45, 2.75) is 16.6 Å². The molecule has 1 heterocycles. The zero-order chi connectivity index (χ0) is 15.9. The summed E-state index contributed by atoms with van der Waals surface area (Å²) in [6.07, 6.45) is 0. The topological polar surface area (TPSA) is 54.5 Å². The van der Waals surface area contributed by atoms with Gasteiger partial charge in [-0.3, -0.25) is 9.10 Å². The van der Waals surface area contributed by atoms with Crippen LogP contribution in [0.1, 0.15) is 15.9 Å². The van der Waals surface area contributed by atoms with Gasteiger partial charge in [-0.05, 0) is 31.2 Å². The number of Topliss-reactive ketones (excluding diaryl/α,β-unsaturated/α-hetero) is 1. The van der Waals surface area contributed by atoms with Gasteiger partial charge in [0.25, 0.3) is 10.0 Å². The van der Waals surface area contributed by atoms with Crippen LogP contribution < -0.4 is 4.31 Å². The Morgan fingerprint density at radius 2 is 1.73 bits per heavy atom. The molecule has 114 valence electrons. The second-order valence-corrected chi connectivity index (χ2v) is 8.17. The Morgan fingerprint density at radius 1 is 1.09 bits per heavy atom. The van der Waals surface area contributed by atoms with Crippen molar-refractivity contribution in [2.24, 2.45) is 0 Å². The van der Waals surface area contributed by atoms with Gasteiger partial charge in [-0.2, -0.15) is 0 Å². The first-order chi connectivity index (χ1) is 10.4. The first-order valence-corrected chi connectivity index (χ1v) is 9.13. The third-order valence-electron chi connectivity index (χ3n) is 3.66. The number of hydrogen-bond acceptors (Lipinski definition) is 3. The smallest absolute Gasteiger partial charge is 0.264 e. The Morgan fingerprint density at radius 3 is 2.41 bits per heavy atom. The number of benzene rings is 2. The Kier molecular flexibility index (Phi) is 3.82. The van der Waals surface area contributed by atoms with Gasteiger partial charge in [0, 0.05) is 5.56 Å². The molecule has 1 atom stereocenters. The highest BCUT2D eigenvalue weighted by molar-refractivity contribution is 9.10. The number of rotatable bonds is 2. The summed E-state index contributed by atoms with van der Waals surface area (Å²) in [5.74, 6) is -0.0917. The maximum Gasteiger partial charge on any atom is 0.264 e. The second-order valence-electron chi connectivity index (χ2n) is 5.20. The van der Waals surface area contributed by atoms with Crippen molar-refractivity contribution in [3.63, 3.8) is 0 Å². The van der Waals surface area contributed by atoms with Crippen molar-refractivity contribution < 1.29 is 13.2 Å². The highest BCUT2D eigenvalue weighted by Gasteiger charge is 2.36. The van der Waals surface area contributed by atoms with E-state index in [4.69, 9.17) is 0 Å². The van der Waals surface area contributed by atoms with Crippen LogP contribution in [0.4, 0.5) is 5.69 Å². The molecule has 22 heavy (non-hydrogen) atoms. The van der Waals surface area contributed by atoms with E-state index in [1.165, 1.54) is 4.31 Å². The summed E-state index contributed by atoms with van der Waals surface area (Å²) in [6.45, 7) is 1.99. The van der Waals surface area contributed by atoms with Crippen molar-refractivity contribution >= 4 is 37.4 Å². The molecule has 2 aromatic carbocycles. The number of aryl methyl sites for hydroxylation is 1. The Labute approximate surface area is 137 Å². The number of sulfonamides is 1. The van der Waals surface area contributed by atoms with E-state index in [0.717, 1.165) is 5.56 Å². The van der Waals surface area contributed by atoms with Crippen LogP contribution >= 0.6 is 15.9 Å². The third kappa shape index (κ3) is 2.46. The Bertz CT molecular complexity index is 831. The summed E-state index contributed by atoms with van der Waals surface area (Å²) < 4.78 is 27.1. The zero-order valence-electron chi connectivity index (χ0n) is 11.9. The number of hydrogen-bond donors (Lipinski definition) is 0. The number of carbonyl (C=O) groups excluding carboxylic acids is 1. The lowest BCUT2D eigenvalue weighted by Crippen LogP contribution is -2.43. The largest absolute Gasteiger partial charge is 0.293 e. The molecule has 1 aliphatic rings. The van der Waals surface area contributed by atoms with Crippen molar-refractivity contribution in [1.82, 2.24) is 0 Å². The second kappa shape index (κ2) is 5.52. The Hall–Kier alpha value is -1.66. The van der Waals surface area contributed by atoms with E-state index in [1.54, 1.807) is 48.5 Å². The van der Waals surface area contributed by atoms with Crippen LogP contribution in [0.25, 0.3) is 0 Å². The van der Waals surface area contributed by atoms with Gasteiger partial charge >= 0.3 is 0 Å². The number of anilines is 1. The molecular weight excluding hydrogens is 366 g/mol. The van der Waals surface area contributed by atoms with E-state index >= 15 is 0 Å².